The van der Waals surface area contributed by atoms with Crippen molar-refractivity contribution in [1.29, 1.82) is 0 Å². The van der Waals surface area contributed by atoms with Crippen LogP contribution < -0.4 is 5.32 Å². The van der Waals surface area contributed by atoms with Gasteiger partial charge in [-0.1, -0.05) is 37.3 Å². The predicted molar refractivity (Wildman–Crippen MR) is 115 cm³/mol. The molecule has 1 aromatic heterocycles. The molecule has 4 rings (SSSR count). The molecule has 29 heavy (non-hydrogen) atoms. The highest BCUT2D eigenvalue weighted by Crippen LogP contribution is 2.18. The molecule has 2 heterocycles. The molecule has 1 unspecified atom stereocenters. The number of nitrogens with zero attached hydrogens (tertiary/aromatic N) is 3. The largest absolute Gasteiger partial charge is 0.348 e. The number of amides is 1. The zero-order chi connectivity index (χ0) is 20.1. The van der Waals surface area contributed by atoms with E-state index in [-0.39, 0.29) is 5.91 Å². The van der Waals surface area contributed by atoms with Gasteiger partial charge in [-0.2, -0.15) is 0 Å². The van der Waals surface area contributed by atoms with E-state index in [0.29, 0.717) is 12.1 Å². The van der Waals surface area contributed by atoms with E-state index in [0.717, 1.165) is 23.7 Å². The number of piperidine rings is 1. The van der Waals surface area contributed by atoms with Crippen LogP contribution in [0.3, 0.4) is 0 Å². The van der Waals surface area contributed by atoms with Gasteiger partial charge in [0.2, 0.25) is 0 Å². The third-order valence-electron chi connectivity index (χ3n) is 5.58. The van der Waals surface area contributed by atoms with Gasteiger partial charge < -0.3 is 9.88 Å². The van der Waals surface area contributed by atoms with Crippen molar-refractivity contribution < 1.29 is 4.79 Å². The SMILES string of the molecule is CC1CCCN(Cc2ccc(C(=O)NCc3ccccc3-n3ccnc3)cc2)C1. The Morgan fingerprint density at radius 1 is 1.17 bits per heavy atom. The van der Waals surface area contributed by atoms with Crippen LogP contribution >= 0.6 is 0 Å². The second-order valence-electron chi connectivity index (χ2n) is 7.96. The molecule has 150 valence electrons. The Morgan fingerprint density at radius 3 is 2.76 bits per heavy atom. The number of rotatable bonds is 6. The lowest BCUT2D eigenvalue weighted by atomic mass is 9.99. The minimum absolute atomic E-state index is 0.0522. The molecule has 1 N–H and O–H groups in total. The van der Waals surface area contributed by atoms with Crippen LogP contribution in [0.25, 0.3) is 5.69 Å². The second kappa shape index (κ2) is 9.05. The summed E-state index contributed by atoms with van der Waals surface area (Å²) in [4.78, 5) is 19.2. The molecule has 0 bridgehead atoms. The fourth-order valence-corrected chi connectivity index (χ4v) is 4.04. The Bertz CT molecular complexity index is 934. The van der Waals surface area contributed by atoms with Crippen LogP contribution in [-0.2, 0) is 13.1 Å². The normalized spacial score (nSPS) is 17.2. The highest BCUT2D eigenvalue weighted by molar-refractivity contribution is 5.94. The van der Waals surface area contributed by atoms with Crippen molar-refractivity contribution in [1.82, 2.24) is 19.8 Å². The maximum absolute atomic E-state index is 12.6. The molecule has 2 aromatic carbocycles. The predicted octanol–water partition coefficient (Wildman–Crippen LogP) is 4.03. The van der Waals surface area contributed by atoms with Gasteiger partial charge in [-0.3, -0.25) is 9.69 Å². The number of likely N-dealkylation sites (tertiary alicyclic amines) is 1. The molecule has 1 atom stereocenters. The third-order valence-corrected chi connectivity index (χ3v) is 5.58. The number of benzene rings is 2. The summed E-state index contributed by atoms with van der Waals surface area (Å²) in [5.41, 5.74) is 4.04. The summed E-state index contributed by atoms with van der Waals surface area (Å²) in [6.07, 6.45) is 8.04. The highest BCUT2D eigenvalue weighted by Gasteiger charge is 2.16. The van der Waals surface area contributed by atoms with E-state index in [4.69, 9.17) is 0 Å². The molecule has 5 nitrogen and oxygen atoms in total. The molecule has 0 spiro atoms. The van der Waals surface area contributed by atoms with Gasteiger partial charge in [0.25, 0.3) is 5.91 Å². The summed E-state index contributed by atoms with van der Waals surface area (Å²) in [6.45, 7) is 6.09. The number of aromatic nitrogens is 2. The van der Waals surface area contributed by atoms with Crippen LogP contribution in [0, 0.1) is 5.92 Å². The van der Waals surface area contributed by atoms with Crippen molar-refractivity contribution in [3.8, 4) is 5.69 Å². The Labute approximate surface area is 172 Å². The van der Waals surface area contributed by atoms with E-state index < -0.39 is 0 Å². The van der Waals surface area contributed by atoms with Crippen LogP contribution in [0.5, 0.6) is 0 Å². The van der Waals surface area contributed by atoms with Gasteiger partial charge in [-0.25, -0.2) is 4.98 Å². The van der Waals surface area contributed by atoms with Crippen LogP contribution in [0.15, 0.2) is 67.3 Å². The fraction of sp³-hybridized carbons (Fsp3) is 0.333. The van der Waals surface area contributed by atoms with E-state index >= 15 is 0 Å². The number of nitrogens with one attached hydrogen (secondary N) is 1. The molecule has 1 aliphatic heterocycles. The van der Waals surface area contributed by atoms with Gasteiger partial charge in [0.1, 0.15) is 0 Å². The monoisotopic (exact) mass is 388 g/mol. The summed E-state index contributed by atoms with van der Waals surface area (Å²) in [7, 11) is 0. The first-order chi connectivity index (χ1) is 14.2. The summed E-state index contributed by atoms with van der Waals surface area (Å²) >= 11 is 0. The van der Waals surface area contributed by atoms with Gasteiger partial charge >= 0.3 is 0 Å². The van der Waals surface area contributed by atoms with Crippen LogP contribution in [-0.4, -0.2) is 33.4 Å². The van der Waals surface area contributed by atoms with Gasteiger partial charge in [0.05, 0.1) is 12.0 Å². The minimum atomic E-state index is -0.0522. The summed E-state index contributed by atoms with van der Waals surface area (Å²) < 4.78 is 1.96. The number of carbonyl (C=O) groups is 1. The summed E-state index contributed by atoms with van der Waals surface area (Å²) in [6, 6.07) is 16.0. The number of hydrogen-bond donors (Lipinski definition) is 1. The van der Waals surface area contributed by atoms with Crippen LogP contribution in [0.2, 0.25) is 0 Å². The first-order valence-corrected chi connectivity index (χ1v) is 10.3. The molecular formula is C24H28N4O. The van der Waals surface area contributed by atoms with Crippen molar-refractivity contribution in [3.05, 3.63) is 83.9 Å². The molecule has 3 aromatic rings. The first-order valence-electron chi connectivity index (χ1n) is 10.3. The van der Waals surface area contributed by atoms with Crippen molar-refractivity contribution in [3.63, 3.8) is 0 Å². The van der Waals surface area contributed by atoms with E-state index in [1.807, 2.05) is 47.2 Å². The average molecular weight is 389 g/mol. The maximum Gasteiger partial charge on any atom is 0.251 e. The van der Waals surface area contributed by atoms with Crippen LogP contribution in [0.4, 0.5) is 0 Å². The average Bonchev–Trinajstić information content (AvgIpc) is 3.27. The van der Waals surface area contributed by atoms with Crippen LogP contribution in [0.1, 0.15) is 41.3 Å². The Balaban J connectivity index is 1.36. The molecule has 1 fully saturated rings. The van der Waals surface area contributed by atoms with Gasteiger partial charge in [-0.15, -0.1) is 0 Å². The molecule has 1 aliphatic rings. The number of imidazole rings is 1. The lowest BCUT2D eigenvalue weighted by Crippen LogP contribution is -2.33. The zero-order valence-corrected chi connectivity index (χ0v) is 16.9. The lowest BCUT2D eigenvalue weighted by Gasteiger charge is -2.30. The van der Waals surface area contributed by atoms with Gasteiger partial charge in [0, 0.05) is 37.6 Å². The standard InChI is InChI=1S/C24H28N4O/c1-19-5-4-13-27(16-19)17-20-8-10-21(11-9-20)24(29)26-15-22-6-2-3-7-23(22)28-14-12-25-18-28/h2-3,6-12,14,18-19H,4-5,13,15-17H2,1H3,(H,26,29). The molecule has 1 saturated heterocycles. The third kappa shape index (κ3) is 4.93. The molecule has 0 radical (unpaired) electrons. The number of carbonyl (C=O) groups excluding carboxylic acids is 1. The van der Waals surface area contributed by atoms with Gasteiger partial charge in [0.15, 0.2) is 0 Å². The van der Waals surface area contributed by atoms with E-state index in [1.165, 1.54) is 31.5 Å². The minimum Gasteiger partial charge on any atom is -0.348 e. The molecule has 0 saturated carbocycles. The lowest BCUT2D eigenvalue weighted by molar-refractivity contribution is 0.0951. The zero-order valence-electron chi connectivity index (χ0n) is 16.9. The summed E-state index contributed by atoms with van der Waals surface area (Å²) in [5, 5.41) is 3.04. The highest BCUT2D eigenvalue weighted by atomic mass is 16.1. The van der Waals surface area contributed by atoms with Crippen molar-refractivity contribution in [2.75, 3.05) is 13.1 Å². The smallest absolute Gasteiger partial charge is 0.251 e. The molecular weight excluding hydrogens is 360 g/mol. The summed E-state index contributed by atoms with van der Waals surface area (Å²) in [5.74, 6) is 0.725. The quantitative estimate of drug-likeness (QED) is 0.693. The maximum atomic E-state index is 12.6. The Kier molecular flexibility index (Phi) is 6.06. The Morgan fingerprint density at radius 2 is 2.00 bits per heavy atom. The topological polar surface area (TPSA) is 50.2 Å². The molecule has 1 amide bonds. The number of hydrogen-bond acceptors (Lipinski definition) is 3. The second-order valence-corrected chi connectivity index (χ2v) is 7.96. The van der Waals surface area contributed by atoms with Crippen molar-refractivity contribution in [2.24, 2.45) is 5.92 Å². The first kappa shape index (κ1) is 19.4. The van der Waals surface area contributed by atoms with E-state index in [2.05, 4.69) is 34.3 Å². The van der Waals surface area contributed by atoms with E-state index in [9.17, 15) is 4.79 Å². The number of para-hydroxylation sites is 1. The molecule has 5 heteroatoms. The van der Waals surface area contributed by atoms with Crippen molar-refractivity contribution in [2.45, 2.75) is 32.9 Å². The van der Waals surface area contributed by atoms with E-state index in [1.54, 1.807) is 12.5 Å². The molecule has 0 aliphatic carbocycles. The van der Waals surface area contributed by atoms with Crippen molar-refractivity contribution >= 4 is 5.91 Å². The van der Waals surface area contributed by atoms with Gasteiger partial charge in [-0.05, 0) is 54.6 Å². The fourth-order valence-electron chi connectivity index (χ4n) is 4.04. The Hall–Kier alpha value is -2.92.